The Bertz CT molecular complexity index is 470. The molecular weight excluding hydrogens is 272 g/mol. The van der Waals surface area contributed by atoms with E-state index in [9.17, 15) is 24.9 Å². The molecule has 0 aromatic heterocycles. The largest absolute Gasteiger partial charge is 0.508 e. The molecular formula is C16H22O5. The first-order valence-corrected chi connectivity index (χ1v) is 7.24. The minimum absolute atomic E-state index is 0.0529. The molecule has 0 spiro atoms. The van der Waals surface area contributed by atoms with Gasteiger partial charge in [0.15, 0.2) is 0 Å². The summed E-state index contributed by atoms with van der Waals surface area (Å²) in [5.41, 5.74) is 0.253. The molecule has 1 aromatic carbocycles. The summed E-state index contributed by atoms with van der Waals surface area (Å²) < 4.78 is 0. The van der Waals surface area contributed by atoms with Gasteiger partial charge >= 0.3 is 5.97 Å². The van der Waals surface area contributed by atoms with Crippen molar-refractivity contribution in [3.8, 4) is 11.5 Å². The van der Waals surface area contributed by atoms with Crippen LogP contribution in [0.25, 0.3) is 0 Å². The molecule has 0 aliphatic rings. The first kappa shape index (κ1) is 17.0. The van der Waals surface area contributed by atoms with E-state index >= 15 is 0 Å². The van der Waals surface area contributed by atoms with Crippen LogP contribution in [0.5, 0.6) is 11.5 Å². The number of carboxylic acid groups (broad SMARTS) is 1. The number of hydrogen-bond acceptors (Lipinski definition) is 4. The van der Waals surface area contributed by atoms with Crippen molar-refractivity contribution in [2.24, 2.45) is 0 Å². The van der Waals surface area contributed by atoms with Gasteiger partial charge in [-0.25, -0.2) is 0 Å². The Morgan fingerprint density at radius 1 is 1.10 bits per heavy atom. The average Bonchev–Trinajstić information content (AvgIpc) is 2.44. The summed E-state index contributed by atoms with van der Waals surface area (Å²) in [5.74, 6) is -1.97. The molecule has 0 saturated carbocycles. The van der Waals surface area contributed by atoms with Crippen LogP contribution in [0.4, 0.5) is 0 Å². The summed E-state index contributed by atoms with van der Waals surface area (Å²) in [6, 6.07) is 3.93. The van der Waals surface area contributed by atoms with Crippen LogP contribution in [0, 0.1) is 0 Å². The Morgan fingerprint density at radius 3 is 2.43 bits per heavy atom. The number of carbonyl (C=O) groups is 2. The van der Waals surface area contributed by atoms with Crippen molar-refractivity contribution in [2.75, 3.05) is 0 Å². The third kappa shape index (κ3) is 5.85. The maximum atomic E-state index is 11.3. The third-order valence-corrected chi connectivity index (χ3v) is 3.50. The van der Waals surface area contributed by atoms with Gasteiger partial charge in [-0.2, -0.15) is 0 Å². The van der Waals surface area contributed by atoms with E-state index in [2.05, 4.69) is 0 Å². The van der Waals surface area contributed by atoms with Gasteiger partial charge < -0.3 is 20.1 Å². The average molecular weight is 294 g/mol. The molecule has 1 atom stereocenters. The van der Waals surface area contributed by atoms with Gasteiger partial charge in [0, 0.05) is 12.0 Å². The van der Waals surface area contributed by atoms with Crippen molar-refractivity contribution in [3.05, 3.63) is 23.8 Å². The normalized spacial score (nSPS) is 12.0. The number of aldehydes is 1. The lowest BCUT2D eigenvalue weighted by Gasteiger charge is -2.14. The van der Waals surface area contributed by atoms with Crippen molar-refractivity contribution < 1.29 is 24.9 Å². The summed E-state index contributed by atoms with van der Waals surface area (Å²) >= 11 is 0. The van der Waals surface area contributed by atoms with Gasteiger partial charge in [-0.1, -0.05) is 25.7 Å². The van der Waals surface area contributed by atoms with E-state index in [1.165, 1.54) is 18.2 Å². The Kier molecular flexibility index (Phi) is 7.29. The topological polar surface area (TPSA) is 94.8 Å². The Morgan fingerprint density at radius 2 is 1.76 bits per heavy atom. The quantitative estimate of drug-likeness (QED) is 0.350. The van der Waals surface area contributed by atoms with Crippen LogP contribution in [-0.2, 0) is 9.59 Å². The monoisotopic (exact) mass is 294 g/mol. The maximum Gasteiger partial charge on any atom is 0.311 e. The first-order valence-electron chi connectivity index (χ1n) is 7.24. The Hall–Kier alpha value is -2.04. The Labute approximate surface area is 124 Å². The molecule has 5 heteroatoms. The zero-order valence-electron chi connectivity index (χ0n) is 12.0. The van der Waals surface area contributed by atoms with Crippen LogP contribution in [-0.4, -0.2) is 27.6 Å². The van der Waals surface area contributed by atoms with Crippen molar-refractivity contribution in [2.45, 2.75) is 50.9 Å². The highest BCUT2D eigenvalue weighted by atomic mass is 16.4. The van der Waals surface area contributed by atoms with E-state index in [0.717, 1.165) is 38.4 Å². The molecule has 21 heavy (non-hydrogen) atoms. The van der Waals surface area contributed by atoms with Gasteiger partial charge in [-0.15, -0.1) is 0 Å². The van der Waals surface area contributed by atoms with E-state index in [1.54, 1.807) is 0 Å². The van der Waals surface area contributed by atoms with E-state index in [-0.39, 0.29) is 17.1 Å². The van der Waals surface area contributed by atoms with Gasteiger partial charge in [-0.3, -0.25) is 4.79 Å². The molecule has 0 bridgehead atoms. The van der Waals surface area contributed by atoms with Crippen LogP contribution >= 0.6 is 0 Å². The van der Waals surface area contributed by atoms with Crippen LogP contribution in [0.15, 0.2) is 18.2 Å². The maximum absolute atomic E-state index is 11.3. The second-order valence-electron chi connectivity index (χ2n) is 5.15. The van der Waals surface area contributed by atoms with Crippen molar-refractivity contribution >= 4 is 12.3 Å². The van der Waals surface area contributed by atoms with Crippen LogP contribution in [0.2, 0.25) is 0 Å². The lowest BCUT2D eigenvalue weighted by Crippen LogP contribution is -2.11. The highest BCUT2D eigenvalue weighted by Crippen LogP contribution is 2.32. The molecule has 5 nitrogen and oxygen atoms in total. The van der Waals surface area contributed by atoms with E-state index < -0.39 is 11.9 Å². The SMILES string of the molecule is O=CCCCCCCCC(C(=O)O)c1cc(O)ccc1O. The summed E-state index contributed by atoms with van der Waals surface area (Å²) in [5, 5.41) is 28.5. The molecule has 0 aliphatic carbocycles. The summed E-state index contributed by atoms with van der Waals surface area (Å²) in [6.07, 6.45) is 6.33. The molecule has 1 unspecified atom stereocenters. The number of phenolic OH excluding ortho intramolecular Hbond substituents is 2. The van der Waals surface area contributed by atoms with Crippen LogP contribution < -0.4 is 0 Å². The predicted molar refractivity (Wildman–Crippen MR) is 78.5 cm³/mol. The van der Waals surface area contributed by atoms with Gasteiger partial charge in [0.1, 0.15) is 17.8 Å². The number of carboxylic acids is 1. The first-order chi connectivity index (χ1) is 10.1. The fourth-order valence-electron chi connectivity index (χ4n) is 2.34. The number of aliphatic carboxylic acids is 1. The Balaban J connectivity index is 2.49. The minimum Gasteiger partial charge on any atom is -0.508 e. The number of hydrogen-bond donors (Lipinski definition) is 3. The minimum atomic E-state index is -1.00. The van der Waals surface area contributed by atoms with E-state index in [0.29, 0.717) is 12.8 Å². The second kappa shape index (κ2) is 9.00. The molecule has 0 heterocycles. The standard InChI is InChI=1S/C16H22O5/c17-10-6-4-2-1-3-5-7-13(16(20)21)14-11-12(18)8-9-15(14)19/h8-11,13,18-19H,1-7H2,(H,20,21). The van der Waals surface area contributed by atoms with Gasteiger partial charge in [0.05, 0.1) is 5.92 Å². The number of unbranched alkanes of at least 4 members (excludes halogenated alkanes) is 5. The van der Waals surface area contributed by atoms with Gasteiger partial charge in [0.2, 0.25) is 0 Å². The molecule has 1 aromatic rings. The van der Waals surface area contributed by atoms with Gasteiger partial charge in [0.25, 0.3) is 0 Å². The zero-order chi connectivity index (χ0) is 15.7. The summed E-state index contributed by atoms with van der Waals surface area (Å²) in [4.78, 5) is 21.5. The molecule has 0 saturated heterocycles. The number of aromatic hydroxyl groups is 2. The van der Waals surface area contributed by atoms with Crippen LogP contribution in [0.3, 0.4) is 0 Å². The lowest BCUT2D eigenvalue weighted by molar-refractivity contribution is -0.139. The van der Waals surface area contributed by atoms with Crippen LogP contribution in [0.1, 0.15) is 56.4 Å². The molecule has 116 valence electrons. The smallest absolute Gasteiger partial charge is 0.311 e. The number of carbonyl (C=O) groups excluding carboxylic acids is 1. The van der Waals surface area contributed by atoms with Crippen molar-refractivity contribution in [1.29, 1.82) is 0 Å². The summed E-state index contributed by atoms with van der Waals surface area (Å²) in [6.45, 7) is 0. The van der Waals surface area contributed by atoms with Crippen molar-refractivity contribution in [1.82, 2.24) is 0 Å². The molecule has 0 fully saturated rings. The second-order valence-corrected chi connectivity index (χ2v) is 5.15. The highest BCUT2D eigenvalue weighted by molar-refractivity contribution is 5.77. The zero-order valence-corrected chi connectivity index (χ0v) is 12.0. The third-order valence-electron chi connectivity index (χ3n) is 3.50. The highest BCUT2D eigenvalue weighted by Gasteiger charge is 2.22. The molecule has 3 N–H and O–H groups in total. The number of benzene rings is 1. The molecule has 0 radical (unpaired) electrons. The van der Waals surface area contributed by atoms with E-state index in [1.807, 2.05) is 0 Å². The van der Waals surface area contributed by atoms with E-state index in [4.69, 9.17) is 0 Å². The molecule has 0 amide bonds. The van der Waals surface area contributed by atoms with Crippen molar-refractivity contribution in [3.63, 3.8) is 0 Å². The predicted octanol–water partition coefficient (Wildman–Crippen LogP) is 3.20. The van der Waals surface area contributed by atoms with Gasteiger partial charge in [-0.05, 0) is 31.0 Å². The molecule has 1 rings (SSSR count). The fourth-order valence-corrected chi connectivity index (χ4v) is 2.34. The number of rotatable bonds is 10. The molecule has 0 aliphatic heterocycles. The fraction of sp³-hybridized carbons (Fsp3) is 0.500. The lowest BCUT2D eigenvalue weighted by atomic mass is 9.92. The summed E-state index contributed by atoms with van der Waals surface area (Å²) in [7, 11) is 0. The number of phenols is 2.